The van der Waals surface area contributed by atoms with Gasteiger partial charge in [-0.15, -0.1) is 0 Å². The lowest BCUT2D eigenvalue weighted by Gasteiger charge is -2.30. The second-order valence-corrected chi connectivity index (χ2v) is 9.40. The Morgan fingerprint density at radius 3 is 2.45 bits per heavy atom. The first-order valence-electron chi connectivity index (χ1n) is 12.5. The van der Waals surface area contributed by atoms with Crippen molar-refractivity contribution in [3.05, 3.63) is 48.0 Å². The molecule has 2 saturated carbocycles. The van der Waals surface area contributed by atoms with Gasteiger partial charge in [0.25, 0.3) is 0 Å². The summed E-state index contributed by atoms with van der Waals surface area (Å²) in [7, 11) is 0. The molecule has 2 fully saturated rings. The summed E-state index contributed by atoms with van der Waals surface area (Å²) in [5, 5.41) is 4.19. The number of hydrogen-bond donors (Lipinski definition) is 1. The highest BCUT2D eigenvalue weighted by molar-refractivity contribution is 5.93. The highest BCUT2D eigenvalue weighted by Gasteiger charge is 2.31. The van der Waals surface area contributed by atoms with E-state index in [0.29, 0.717) is 18.6 Å². The lowest BCUT2D eigenvalue weighted by Crippen LogP contribution is -2.21. The number of carbonyl (C=O) groups is 1. The standard InChI is InChI=1S/C28H34N2O3/c1-4-24-25-16-15-23(32-5-2)17-26(25)30(22-7-6-8-22)27(24)20-11-13-21(14-12-20)29-28(31)33-18(3)19-9-10-19/h11-19,22H,4-10H2,1-3H3,(H,29,31). The van der Waals surface area contributed by atoms with E-state index in [1.807, 2.05) is 26.0 Å². The number of ether oxygens (including phenoxy) is 2. The molecule has 0 spiro atoms. The molecule has 2 aromatic carbocycles. The third-order valence-corrected chi connectivity index (χ3v) is 7.17. The van der Waals surface area contributed by atoms with Crippen LogP contribution in [-0.4, -0.2) is 23.4 Å². The van der Waals surface area contributed by atoms with E-state index < -0.39 is 0 Å². The van der Waals surface area contributed by atoms with Crippen LogP contribution in [-0.2, 0) is 11.2 Å². The van der Waals surface area contributed by atoms with Crippen molar-refractivity contribution in [1.82, 2.24) is 4.57 Å². The molecule has 5 nitrogen and oxygen atoms in total. The Labute approximate surface area is 196 Å². The van der Waals surface area contributed by atoms with Crippen LogP contribution < -0.4 is 10.1 Å². The molecule has 2 aliphatic rings. The second-order valence-electron chi connectivity index (χ2n) is 9.40. The number of amides is 1. The van der Waals surface area contributed by atoms with Crippen LogP contribution in [0.3, 0.4) is 0 Å². The van der Waals surface area contributed by atoms with Crippen LogP contribution >= 0.6 is 0 Å². The van der Waals surface area contributed by atoms with Gasteiger partial charge < -0.3 is 14.0 Å². The van der Waals surface area contributed by atoms with Gasteiger partial charge in [-0.2, -0.15) is 0 Å². The van der Waals surface area contributed by atoms with Crippen LogP contribution in [0, 0.1) is 5.92 Å². The van der Waals surface area contributed by atoms with E-state index >= 15 is 0 Å². The molecule has 1 unspecified atom stereocenters. The molecular formula is C28H34N2O3. The Kier molecular flexibility index (Phi) is 6.05. The normalized spacial score (nSPS) is 16.9. The van der Waals surface area contributed by atoms with Crippen LogP contribution in [0.4, 0.5) is 10.5 Å². The summed E-state index contributed by atoms with van der Waals surface area (Å²) in [6, 6.07) is 15.2. The van der Waals surface area contributed by atoms with Crippen LogP contribution in [0.2, 0.25) is 0 Å². The molecule has 3 aromatic rings. The number of aromatic nitrogens is 1. The largest absolute Gasteiger partial charge is 0.494 e. The smallest absolute Gasteiger partial charge is 0.411 e. The third kappa shape index (κ3) is 4.33. The van der Waals surface area contributed by atoms with Gasteiger partial charge in [-0.3, -0.25) is 5.32 Å². The Hall–Kier alpha value is -2.95. The van der Waals surface area contributed by atoms with Crippen molar-refractivity contribution in [2.24, 2.45) is 5.92 Å². The van der Waals surface area contributed by atoms with Crippen molar-refractivity contribution in [3.63, 3.8) is 0 Å². The summed E-state index contributed by atoms with van der Waals surface area (Å²) in [6.07, 6.45) is 6.59. The molecule has 1 amide bonds. The Bertz CT molecular complexity index is 1140. The van der Waals surface area contributed by atoms with E-state index in [4.69, 9.17) is 9.47 Å². The van der Waals surface area contributed by atoms with E-state index in [0.717, 1.165) is 30.7 Å². The van der Waals surface area contributed by atoms with Gasteiger partial charge in [0.15, 0.2) is 0 Å². The number of fused-ring (bicyclic) bond motifs is 1. The number of aryl methyl sites for hydroxylation is 1. The number of anilines is 1. The fourth-order valence-corrected chi connectivity index (χ4v) is 5.00. The van der Waals surface area contributed by atoms with Crippen LogP contribution in [0.5, 0.6) is 5.75 Å². The number of carbonyl (C=O) groups excluding carboxylic acids is 1. The first-order valence-corrected chi connectivity index (χ1v) is 12.5. The zero-order chi connectivity index (χ0) is 22.9. The van der Waals surface area contributed by atoms with Crippen LogP contribution in [0.25, 0.3) is 22.2 Å². The number of hydrogen-bond acceptors (Lipinski definition) is 3. The van der Waals surface area contributed by atoms with Gasteiger partial charge in [0, 0.05) is 23.2 Å². The molecule has 0 aliphatic heterocycles. The highest BCUT2D eigenvalue weighted by atomic mass is 16.6. The molecule has 33 heavy (non-hydrogen) atoms. The highest BCUT2D eigenvalue weighted by Crippen LogP contribution is 2.44. The van der Waals surface area contributed by atoms with Crippen molar-refractivity contribution >= 4 is 22.7 Å². The van der Waals surface area contributed by atoms with E-state index in [-0.39, 0.29) is 12.2 Å². The first-order chi connectivity index (χ1) is 16.1. The van der Waals surface area contributed by atoms with Crippen LogP contribution in [0.15, 0.2) is 42.5 Å². The number of benzene rings is 2. The maximum atomic E-state index is 12.3. The summed E-state index contributed by atoms with van der Waals surface area (Å²) in [5.74, 6) is 1.46. The minimum atomic E-state index is -0.372. The molecule has 174 valence electrons. The number of nitrogens with zero attached hydrogens (tertiary/aromatic N) is 1. The fraction of sp³-hybridized carbons (Fsp3) is 0.464. The summed E-state index contributed by atoms with van der Waals surface area (Å²) in [5.41, 5.74) is 5.87. The molecule has 1 N–H and O–H groups in total. The van der Waals surface area contributed by atoms with Crippen LogP contribution in [0.1, 0.15) is 64.5 Å². The van der Waals surface area contributed by atoms with Crippen molar-refractivity contribution in [2.45, 2.75) is 71.4 Å². The molecular weight excluding hydrogens is 412 g/mol. The average Bonchev–Trinajstić information content (AvgIpc) is 3.57. The monoisotopic (exact) mass is 446 g/mol. The summed E-state index contributed by atoms with van der Waals surface area (Å²) in [6.45, 7) is 6.89. The van der Waals surface area contributed by atoms with Crippen molar-refractivity contribution in [3.8, 4) is 17.0 Å². The first kappa shape index (κ1) is 21.9. The Morgan fingerprint density at radius 1 is 1.09 bits per heavy atom. The zero-order valence-corrected chi connectivity index (χ0v) is 19.9. The summed E-state index contributed by atoms with van der Waals surface area (Å²) >= 11 is 0. The zero-order valence-electron chi connectivity index (χ0n) is 19.9. The lowest BCUT2D eigenvalue weighted by atomic mass is 9.92. The molecule has 1 heterocycles. The van der Waals surface area contributed by atoms with Crippen molar-refractivity contribution in [2.75, 3.05) is 11.9 Å². The Balaban J connectivity index is 1.47. The van der Waals surface area contributed by atoms with E-state index in [9.17, 15) is 4.79 Å². The fourth-order valence-electron chi connectivity index (χ4n) is 5.00. The summed E-state index contributed by atoms with van der Waals surface area (Å²) < 4.78 is 13.9. The average molecular weight is 447 g/mol. The molecule has 2 aliphatic carbocycles. The number of nitrogens with one attached hydrogen (secondary N) is 1. The SMILES string of the molecule is CCOc1ccc2c(CC)c(-c3ccc(NC(=O)OC(C)C4CC4)cc3)n(C3CCC3)c2c1. The van der Waals surface area contributed by atoms with Gasteiger partial charge in [-0.1, -0.05) is 19.1 Å². The maximum Gasteiger partial charge on any atom is 0.411 e. The van der Waals surface area contributed by atoms with Gasteiger partial charge in [0.1, 0.15) is 11.9 Å². The molecule has 5 rings (SSSR count). The molecule has 1 atom stereocenters. The molecule has 1 aromatic heterocycles. The predicted molar refractivity (Wildman–Crippen MR) is 133 cm³/mol. The predicted octanol–water partition coefficient (Wildman–Crippen LogP) is 7.34. The topological polar surface area (TPSA) is 52.5 Å². The van der Waals surface area contributed by atoms with E-state index in [1.165, 1.54) is 47.0 Å². The van der Waals surface area contributed by atoms with Gasteiger partial charge in [0.2, 0.25) is 0 Å². The minimum absolute atomic E-state index is 0.0175. The van der Waals surface area contributed by atoms with Gasteiger partial charge in [0.05, 0.1) is 17.8 Å². The molecule has 0 radical (unpaired) electrons. The van der Waals surface area contributed by atoms with Crippen molar-refractivity contribution < 1.29 is 14.3 Å². The van der Waals surface area contributed by atoms with Gasteiger partial charge >= 0.3 is 6.09 Å². The van der Waals surface area contributed by atoms with E-state index in [2.05, 4.69) is 47.1 Å². The lowest BCUT2D eigenvalue weighted by molar-refractivity contribution is 0.108. The Morgan fingerprint density at radius 2 is 1.85 bits per heavy atom. The van der Waals surface area contributed by atoms with Crippen molar-refractivity contribution in [1.29, 1.82) is 0 Å². The number of rotatable bonds is 8. The quantitative estimate of drug-likeness (QED) is 0.394. The van der Waals surface area contributed by atoms with Gasteiger partial charge in [-0.25, -0.2) is 4.79 Å². The molecule has 5 heteroatoms. The van der Waals surface area contributed by atoms with Gasteiger partial charge in [-0.05, 0) is 93.7 Å². The minimum Gasteiger partial charge on any atom is -0.494 e. The third-order valence-electron chi connectivity index (χ3n) is 7.17. The molecule has 0 saturated heterocycles. The molecule has 0 bridgehead atoms. The summed E-state index contributed by atoms with van der Waals surface area (Å²) in [4.78, 5) is 12.3. The second kappa shape index (κ2) is 9.12. The maximum absolute atomic E-state index is 12.3. The van der Waals surface area contributed by atoms with E-state index in [1.54, 1.807) is 0 Å².